The van der Waals surface area contributed by atoms with Crippen LogP contribution < -0.4 is 18.9 Å². The molecule has 0 aliphatic heterocycles. The first-order valence-corrected chi connectivity index (χ1v) is 4.02. The summed E-state index contributed by atoms with van der Waals surface area (Å²) < 4.78 is 0. The minimum absolute atomic E-state index is 0. The van der Waals surface area contributed by atoms with Crippen LogP contribution in [0.1, 0.15) is 20.8 Å². The average molecular weight is 237 g/mol. The first kappa shape index (κ1) is 19.2. The number of benzene rings is 1. The van der Waals surface area contributed by atoms with Crippen molar-refractivity contribution < 1.29 is 35.9 Å². The summed E-state index contributed by atoms with van der Waals surface area (Å²) in [5, 5.41) is 0. The Labute approximate surface area is 110 Å². The van der Waals surface area contributed by atoms with E-state index in [1.807, 2.05) is 30.3 Å². The maximum atomic E-state index is 4.81. The molecule has 0 atom stereocenters. The van der Waals surface area contributed by atoms with Crippen molar-refractivity contribution >= 4 is 12.6 Å². The summed E-state index contributed by atoms with van der Waals surface area (Å²) in [5.74, 6) is 1.42. The van der Waals surface area contributed by atoms with Gasteiger partial charge in [-0.3, -0.25) is 0 Å². The van der Waals surface area contributed by atoms with Gasteiger partial charge in [0.25, 0.3) is 0 Å². The van der Waals surface area contributed by atoms with E-state index in [9.17, 15) is 0 Å². The van der Waals surface area contributed by atoms with Crippen molar-refractivity contribution in [2.45, 2.75) is 25.7 Å². The predicted molar refractivity (Wildman–Crippen MR) is 52.3 cm³/mol. The summed E-state index contributed by atoms with van der Waals surface area (Å²) in [6, 6.07) is 9.62. The molecule has 0 saturated carbocycles. The molecule has 0 radical (unpaired) electrons. The van der Waals surface area contributed by atoms with Crippen LogP contribution in [0.4, 0.5) is 0 Å². The Hall–Kier alpha value is 0.557. The molecule has 0 unspecified atom stereocenters. The molecule has 13 heavy (non-hydrogen) atoms. The number of hydrogen-bond donors (Lipinski definition) is 0. The van der Waals surface area contributed by atoms with Gasteiger partial charge >= 0.3 is 35.9 Å². The normalized spacial score (nSPS) is 7.38. The molecule has 0 spiro atoms. The summed E-state index contributed by atoms with van der Waals surface area (Å²) >= 11 is 4.81. The molecular formula is C10H14CuLiS. The van der Waals surface area contributed by atoms with Crippen molar-refractivity contribution in [2.75, 3.05) is 0 Å². The SMILES string of the molecule is C[C-](C)C.[Cu+].[Li+].[S-]c1ccccc1. The molecule has 1 aromatic carbocycles. The molecule has 0 bridgehead atoms. The van der Waals surface area contributed by atoms with Gasteiger partial charge in [0.2, 0.25) is 0 Å². The van der Waals surface area contributed by atoms with Gasteiger partial charge in [0.05, 0.1) is 0 Å². The Bertz CT molecular complexity index is 175. The van der Waals surface area contributed by atoms with Crippen molar-refractivity contribution in [3.05, 3.63) is 36.2 Å². The van der Waals surface area contributed by atoms with Crippen molar-refractivity contribution in [2.24, 2.45) is 0 Å². The van der Waals surface area contributed by atoms with Crippen LogP contribution in [0, 0.1) is 5.92 Å². The van der Waals surface area contributed by atoms with E-state index < -0.39 is 0 Å². The average Bonchev–Trinajstić information content (AvgIpc) is 1.87. The maximum Gasteiger partial charge on any atom is 1.00 e. The summed E-state index contributed by atoms with van der Waals surface area (Å²) in [5.41, 5.74) is 0. The Morgan fingerprint density at radius 3 is 1.46 bits per heavy atom. The van der Waals surface area contributed by atoms with Gasteiger partial charge in [-0.1, -0.05) is 30.3 Å². The fourth-order valence-electron chi connectivity index (χ4n) is 0.420. The molecule has 1 aromatic rings. The van der Waals surface area contributed by atoms with E-state index in [1.165, 1.54) is 5.92 Å². The van der Waals surface area contributed by atoms with Crippen molar-refractivity contribution in [3.8, 4) is 0 Å². The second-order valence-electron chi connectivity index (χ2n) is 2.81. The van der Waals surface area contributed by atoms with Crippen LogP contribution in [0.25, 0.3) is 0 Å². The monoisotopic (exact) mass is 236 g/mol. The van der Waals surface area contributed by atoms with Gasteiger partial charge in [0.15, 0.2) is 0 Å². The fraction of sp³-hybridized carbons (Fsp3) is 0.300. The largest absolute Gasteiger partial charge is 1.00 e. The molecule has 1 rings (SSSR count). The van der Waals surface area contributed by atoms with Crippen LogP contribution in [0.5, 0.6) is 0 Å². The predicted octanol–water partition coefficient (Wildman–Crippen LogP) is 0.214. The van der Waals surface area contributed by atoms with E-state index in [0.717, 1.165) is 4.90 Å². The fourth-order valence-corrected chi connectivity index (χ4v) is 0.578. The van der Waals surface area contributed by atoms with Crippen LogP contribution in [0.15, 0.2) is 35.2 Å². The third-order valence-electron chi connectivity index (χ3n) is 0.743. The first-order chi connectivity index (χ1) is 5.13. The molecule has 0 fully saturated rings. The first-order valence-electron chi connectivity index (χ1n) is 3.61. The summed E-state index contributed by atoms with van der Waals surface area (Å²) in [4.78, 5) is 0.905. The zero-order chi connectivity index (χ0) is 8.69. The van der Waals surface area contributed by atoms with Gasteiger partial charge in [-0.25, -0.2) is 0 Å². The maximum absolute atomic E-state index is 4.81. The van der Waals surface area contributed by atoms with Gasteiger partial charge < -0.3 is 18.5 Å². The molecule has 0 aliphatic carbocycles. The minimum atomic E-state index is 0. The molecule has 0 aliphatic rings. The van der Waals surface area contributed by atoms with Crippen LogP contribution in [0.2, 0.25) is 0 Å². The van der Waals surface area contributed by atoms with Gasteiger partial charge in [-0.2, -0.15) is 25.7 Å². The Morgan fingerprint density at radius 2 is 1.31 bits per heavy atom. The molecule has 0 amide bonds. The van der Waals surface area contributed by atoms with Crippen LogP contribution in [-0.2, 0) is 29.7 Å². The molecule has 0 nitrogen and oxygen atoms in total. The summed E-state index contributed by atoms with van der Waals surface area (Å²) in [7, 11) is 0. The molecule has 0 aromatic heterocycles. The van der Waals surface area contributed by atoms with Crippen LogP contribution >= 0.6 is 0 Å². The van der Waals surface area contributed by atoms with Gasteiger partial charge in [0, 0.05) is 0 Å². The van der Waals surface area contributed by atoms with E-state index in [0.29, 0.717) is 0 Å². The zero-order valence-electron chi connectivity index (χ0n) is 8.60. The Kier molecular flexibility index (Phi) is 18.5. The van der Waals surface area contributed by atoms with Crippen LogP contribution in [0.3, 0.4) is 0 Å². The third-order valence-corrected chi connectivity index (χ3v) is 1.02. The van der Waals surface area contributed by atoms with E-state index in [2.05, 4.69) is 20.8 Å². The molecule has 3 heteroatoms. The van der Waals surface area contributed by atoms with Crippen molar-refractivity contribution in [1.29, 1.82) is 0 Å². The minimum Gasteiger partial charge on any atom is -0.780 e. The van der Waals surface area contributed by atoms with Crippen molar-refractivity contribution in [1.82, 2.24) is 0 Å². The Balaban J connectivity index is -0.000000150. The summed E-state index contributed by atoms with van der Waals surface area (Å²) in [6.45, 7) is 6.25. The smallest absolute Gasteiger partial charge is 0.780 e. The summed E-state index contributed by atoms with van der Waals surface area (Å²) in [6.07, 6.45) is 0. The van der Waals surface area contributed by atoms with Crippen molar-refractivity contribution in [3.63, 3.8) is 0 Å². The second kappa shape index (κ2) is 12.6. The van der Waals surface area contributed by atoms with E-state index in [4.69, 9.17) is 12.6 Å². The molecule has 0 saturated heterocycles. The topological polar surface area (TPSA) is 0 Å². The third kappa shape index (κ3) is 19.1. The van der Waals surface area contributed by atoms with Gasteiger partial charge in [0.1, 0.15) is 0 Å². The Morgan fingerprint density at radius 1 is 1.00 bits per heavy atom. The van der Waals surface area contributed by atoms with E-state index in [-0.39, 0.29) is 35.9 Å². The van der Waals surface area contributed by atoms with Gasteiger partial charge in [-0.15, -0.1) is 0 Å². The standard InChI is InChI=1S/C6H6S.C4H9.Cu.Li/c7-6-4-2-1-3-5-6;1-4(2)3;;/h1-5,7H;1-3H3;;/q;-1;2*+1/p-1. The van der Waals surface area contributed by atoms with Gasteiger partial charge in [-0.05, 0) is 0 Å². The zero-order valence-corrected chi connectivity index (χ0v) is 10.4. The molecular weight excluding hydrogens is 223 g/mol. The second-order valence-corrected chi connectivity index (χ2v) is 3.28. The van der Waals surface area contributed by atoms with E-state index in [1.54, 1.807) is 0 Å². The molecule has 72 valence electrons. The molecule has 0 heterocycles. The molecule has 0 N–H and O–H groups in total. The number of rotatable bonds is 0. The van der Waals surface area contributed by atoms with Crippen LogP contribution in [-0.4, -0.2) is 0 Å². The number of hydrogen-bond acceptors (Lipinski definition) is 1. The quantitative estimate of drug-likeness (QED) is 0.353. The van der Waals surface area contributed by atoms with E-state index >= 15 is 0 Å².